The van der Waals surface area contributed by atoms with Gasteiger partial charge in [-0.15, -0.1) is 0 Å². The summed E-state index contributed by atoms with van der Waals surface area (Å²) in [5, 5.41) is 2.87. The van der Waals surface area contributed by atoms with Gasteiger partial charge >= 0.3 is 12.3 Å². The van der Waals surface area contributed by atoms with Crippen LogP contribution in [0.4, 0.5) is 29.3 Å². The van der Waals surface area contributed by atoms with Gasteiger partial charge in [-0.3, -0.25) is 0 Å². The van der Waals surface area contributed by atoms with E-state index in [1.807, 2.05) is 29.2 Å². The number of alkyl carbamates (subject to hydrolysis) is 1. The van der Waals surface area contributed by atoms with Crippen LogP contribution in [0.3, 0.4) is 0 Å². The number of carbonyl (C=O) groups excluding carboxylic acids is 1. The van der Waals surface area contributed by atoms with Crippen LogP contribution in [-0.4, -0.2) is 24.3 Å². The lowest BCUT2D eigenvalue weighted by molar-refractivity contribution is -0.137. The van der Waals surface area contributed by atoms with Gasteiger partial charge in [0.1, 0.15) is 5.60 Å². The number of rotatable bonds is 2. The fraction of sp³-hybridized carbons (Fsp3) is 0.381. The summed E-state index contributed by atoms with van der Waals surface area (Å²) in [4.78, 5) is 14.1. The number of halogens is 3. The Hall–Kier alpha value is -2.70. The zero-order valence-electron chi connectivity index (χ0n) is 16.0. The lowest BCUT2D eigenvalue weighted by Gasteiger charge is -2.36. The predicted octanol–water partition coefficient (Wildman–Crippen LogP) is 5.29. The Kier molecular flexibility index (Phi) is 5.28. The molecule has 1 heterocycles. The van der Waals surface area contributed by atoms with E-state index in [0.717, 1.165) is 23.4 Å². The molecule has 1 atom stereocenters. The number of hydrogen-bond acceptors (Lipinski definition) is 3. The van der Waals surface area contributed by atoms with Gasteiger partial charge in [0.05, 0.1) is 11.6 Å². The summed E-state index contributed by atoms with van der Waals surface area (Å²) in [5.41, 5.74) is 1.27. The molecule has 1 aliphatic heterocycles. The van der Waals surface area contributed by atoms with Gasteiger partial charge in [0.15, 0.2) is 0 Å². The normalized spacial score (nSPS) is 17.1. The van der Waals surface area contributed by atoms with Crippen molar-refractivity contribution in [2.24, 2.45) is 0 Å². The first-order valence-corrected chi connectivity index (χ1v) is 9.05. The van der Waals surface area contributed by atoms with Crippen molar-refractivity contribution in [3.8, 4) is 0 Å². The number of nitrogens with zero attached hydrogens (tertiary/aromatic N) is 1. The quantitative estimate of drug-likeness (QED) is 0.755. The van der Waals surface area contributed by atoms with Crippen molar-refractivity contribution in [3.63, 3.8) is 0 Å². The molecule has 0 saturated carbocycles. The average molecular weight is 392 g/mol. The molecular weight excluding hydrogens is 369 g/mol. The Morgan fingerprint density at radius 3 is 2.32 bits per heavy atom. The van der Waals surface area contributed by atoms with Crippen LogP contribution < -0.4 is 10.2 Å². The van der Waals surface area contributed by atoms with Crippen molar-refractivity contribution in [2.75, 3.05) is 11.4 Å². The number of carbonyl (C=O) groups is 1. The summed E-state index contributed by atoms with van der Waals surface area (Å²) in [6.45, 7) is 5.80. The highest BCUT2D eigenvalue weighted by molar-refractivity contribution is 5.71. The van der Waals surface area contributed by atoms with Gasteiger partial charge in [0, 0.05) is 17.9 Å². The molecule has 0 bridgehead atoms. The lowest BCUT2D eigenvalue weighted by atomic mass is 9.97. The van der Waals surface area contributed by atoms with Crippen molar-refractivity contribution in [1.82, 2.24) is 5.32 Å². The van der Waals surface area contributed by atoms with Gasteiger partial charge in [-0.1, -0.05) is 18.2 Å². The van der Waals surface area contributed by atoms with Crippen molar-refractivity contribution in [2.45, 2.75) is 45.0 Å². The van der Waals surface area contributed by atoms with E-state index in [2.05, 4.69) is 5.32 Å². The molecule has 7 heteroatoms. The highest BCUT2D eigenvalue weighted by Gasteiger charge is 2.31. The summed E-state index contributed by atoms with van der Waals surface area (Å²) in [7, 11) is 0. The molecule has 0 radical (unpaired) electrons. The standard InChI is InChI=1S/C21H23F3N2O2/c1-20(2,3)28-19(27)25-16-12-14-6-4-5-7-18(14)26(13-16)17-10-8-15(9-11-17)21(22,23)24/h4-11,16H,12-13H2,1-3H3,(H,25,27). The first-order chi connectivity index (χ1) is 13.0. The summed E-state index contributed by atoms with van der Waals surface area (Å²) in [6.07, 6.45) is -4.27. The zero-order valence-corrected chi connectivity index (χ0v) is 16.0. The molecular formula is C21H23F3N2O2. The van der Waals surface area contributed by atoms with E-state index < -0.39 is 23.4 Å². The highest BCUT2D eigenvalue weighted by Crippen LogP contribution is 2.36. The maximum atomic E-state index is 12.9. The van der Waals surface area contributed by atoms with E-state index in [0.29, 0.717) is 18.7 Å². The Morgan fingerprint density at radius 2 is 1.71 bits per heavy atom. The Balaban J connectivity index is 1.84. The topological polar surface area (TPSA) is 41.6 Å². The first kappa shape index (κ1) is 20.0. The van der Waals surface area contributed by atoms with Crippen LogP contribution in [0.15, 0.2) is 48.5 Å². The lowest BCUT2D eigenvalue weighted by Crippen LogP contribution is -2.48. The fourth-order valence-electron chi connectivity index (χ4n) is 3.24. The molecule has 2 aromatic rings. The number of anilines is 2. The molecule has 1 unspecified atom stereocenters. The van der Waals surface area contributed by atoms with E-state index in [1.54, 1.807) is 20.8 Å². The van der Waals surface area contributed by atoms with E-state index >= 15 is 0 Å². The van der Waals surface area contributed by atoms with E-state index in [-0.39, 0.29) is 6.04 Å². The molecule has 1 amide bonds. The molecule has 4 nitrogen and oxygen atoms in total. The summed E-state index contributed by atoms with van der Waals surface area (Å²) >= 11 is 0. The molecule has 2 aromatic carbocycles. The third-order valence-corrected chi connectivity index (χ3v) is 4.38. The second kappa shape index (κ2) is 7.37. The number of amides is 1. The number of hydrogen-bond donors (Lipinski definition) is 1. The van der Waals surface area contributed by atoms with Crippen molar-refractivity contribution in [3.05, 3.63) is 59.7 Å². The fourth-order valence-corrected chi connectivity index (χ4v) is 3.24. The smallest absolute Gasteiger partial charge is 0.416 e. The van der Waals surface area contributed by atoms with Gasteiger partial charge in [-0.25, -0.2) is 4.79 Å². The van der Waals surface area contributed by atoms with Crippen LogP contribution in [-0.2, 0) is 17.3 Å². The highest BCUT2D eigenvalue weighted by atomic mass is 19.4. The first-order valence-electron chi connectivity index (χ1n) is 9.05. The van der Waals surface area contributed by atoms with Crippen molar-refractivity contribution < 1.29 is 22.7 Å². The van der Waals surface area contributed by atoms with Crippen LogP contribution in [0.25, 0.3) is 0 Å². The van der Waals surface area contributed by atoms with Crippen LogP contribution in [0, 0.1) is 0 Å². The van der Waals surface area contributed by atoms with E-state index in [4.69, 9.17) is 4.74 Å². The van der Waals surface area contributed by atoms with E-state index in [1.165, 1.54) is 12.1 Å². The third-order valence-electron chi connectivity index (χ3n) is 4.38. The van der Waals surface area contributed by atoms with Gasteiger partial charge in [0.25, 0.3) is 0 Å². The largest absolute Gasteiger partial charge is 0.444 e. The number of ether oxygens (including phenoxy) is 1. The van der Waals surface area contributed by atoms with Gasteiger partial charge in [-0.2, -0.15) is 13.2 Å². The summed E-state index contributed by atoms with van der Waals surface area (Å²) in [5.74, 6) is 0. The van der Waals surface area contributed by atoms with Crippen molar-refractivity contribution >= 4 is 17.5 Å². The third kappa shape index (κ3) is 4.77. The second-order valence-corrected chi connectivity index (χ2v) is 7.83. The molecule has 1 aliphatic rings. The van der Waals surface area contributed by atoms with Gasteiger partial charge < -0.3 is 15.0 Å². The SMILES string of the molecule is CC(C)(C)OC(=O)NC1Cc2ccccc2N(c2ccc(C(F)(F)F)cc2)C1. The molecule has 0 saturated heterocycles. The average Bonchev–Trinajstić information content (AvgIpc) is 2.58. The minimum atomic E-state index is -4.38. The Morgan fingerprint density at radius 1 is 1.07 bits per heavy atom. The van der Waals surface area contributed by atoms with Crippen LogP contribution in [0.5, 0.6) is 0 Å². The van der Waals surface area contributed by atoms with Crippen LogP contribution in [0.2, 0.25) is 0 Å². The monoisotopic (exact) mass is 392 g/mol. The minimum absolute atomic E-state index is 0.230. The second-order valence-electron chi connectivity index (χ2n) is 7.83. The molecule has 150 valence electrons. The number of alkyl halides is 3. The molecule has 1 N–H and O–H groups in total. The van der Waals surface area contributed by atoms with Gasteiger partial charge in [0.2, 0.25) is 0 Å². The predicted molar refractivity (Wildman–Crippen MR) is 102 cm³/mol. The maximum Gasteiger partial charge on any atom is 0.416 e. The van der Waals surface area contributed by atoms with Crippen molar-refractivity contribution in [1.29, 1.82) is 0 Å². The van der Waals surface area contributed by atoms with Crippen LogP contribution in [0.1, 0.15) is 31.9 Å². The summed E-state index contributed by atoms with van der Waals surface area (Å²) < 4.78 is 43.9. The number of para-hydroxylation sites is 1. The zero-order chi connectivity index (χ0) is 20.5. The number of nitrogens with one attached hydrogen (secondary N) is 1. The molecule has 0 spiro atoms. The number of fused-ring (bicyclic) bond motifs is 1. The Bertz CT molecular complexity index is 842. The van der Waals surface area contributed by atoms with Gasteiger partial charge in [-0.05, 0) is 63.1 Å². The minimum Gasteiger partial charge on any atom is -0.444 e. The van der Waals surface area contributed by atoms with E-state index in [9.17, 15) is 18.0 Å². The van der Waals surface area contributed by atoms with Crippen LogP contribution >= 0.6 is 0 Å². The molecule has 3 rings (SSSR count). The maximum absolute atomic E-state index is 12.9. The molecule has 0 fully saturated rings. The molecule has 0 aliphatic carbocycles. The molecule has 0 aromatic heterocycles. The molecule has 28 heavy (non-hydrogen) atoms. The summed E-state index contributed by atoms with van der Waals surface area (Å²) in [6, 6.07) is 12.5. The number of benzene rings is 2. The Labute approximate surface area is 162 Å².